The van der Waals surface area contributed by atoms with E-state index in [-0.39, 0.29) is 11.5 Å². The third-order valence-corrected chi connectivity index (χ3v) is 11.9. The van der Waals surface area contributed by atoms with Crippen molar-refractivity contribution in [2.24, 2.45) is 0 Å². The van der Waals surface area contributed by atoms with Crippen LogP contribution in [0.1, 0.15) is 30.2 Å². The van der Waals surface area contributed by atoms with E-state index in [0.29, 0.717) is 5.95 Å². The Labute approximate surface area is 321 Å². The first-order valence-electron chi connectivity index (χ1n) is 19.3. The first-order chi connectivity index (χ1) is 27.1. The quantitative estimate of drug-likeness (QED) is 0.179. The number of hydrogen-bond acceptors (Lipinski definition) is 3. The second kappa shape index (κ2) is 12.4. The zero-order valence-corrected chi connectivity index (χ0v) is 30.6. The minimum absolute atomic E-state index is 0.145. The summed E-state index contributed by atoms with van der Waals surface area (Å²) in [6.07, 6.45) is 15.4. The summed E-state index contributed by atoms with van der Waals surface area (Å²) >= 11 is 0. The van der Waals surface area contributed by atoms with Gasteiger partial charge in [0.1, 0.15) is 0 Å². The minimum Gasteiger partial charge on any atom is -0.333 e. The van der Waals surface area contributed by atoms with E-state index in [2.05, 4.69) is 198 Å². The van der Waals surface area contributed by atoms with Gasteiger partial charge in [-0.3, -0.25) is 4.57 Å². The van der Waals surface area contributed by atoms with Crippen LogP contribution >= 0.6 is 0 Å². The van der Waals surface area contributed by atoms with Crippen LogP contribution in [0.3, 0.4) is 0 Å². The van der Waals surface area contributed by atoms with Crippen molar-refractivity contribution in [1.82, 2.24) is 14.5 Å². The lowest BCUT2D eigenvalue weighted by Crippen LogP contribution is -2.39. The Morgan fingerprint density at radius 2 is 1.31 bits per heavy atom. The Balaban J connectivity index is 1.04. The van der Waals surface area contributed by atoms with Crippen molar-refractivity contribution in [2.75, 3.05) is 4.90 Å². The van der Waals surface area contributed by atoms with Gasteiger partial charge in [-0.15, -0.1) is 0 Å². The number of rotatable bonds is 5. The van der Waals surface area contributed by atoms with Crippen LogP contribution in [0, 0.1) is 0 Å². The highest BCUT2D eigenvalue weighted by Crippen LogP contribution is 2.52. The fraction of sp³-hybridized carbons (Fsp3) is 0.0980. The van der Waals surface area contributed by atoms with Crippen LogP contribution in [0.15, 0.2) is 176 Å². The van der Waals surface area contributed by atoms with E-state index in [1.807, 2.05) is 0 Å². The molecule has 0 spiro atoms. The van der Waals surface area contributed by atoms with Crippen molar-refractivity contribution in [3.63, 3.8) is 0 Å². The Morgan fingerprint density at radius 1 is 0.618 bits per heavy atom. The van der Waals surface area contributed by atoms with E-state index in [0.717, 1.165) is 40.8 Å². The molecule has 11 rings (SSSR count). The zero-order valence-electron chi connectivity index (χ0n) is 30.6. The molecule has 0 radical (unpaired) electrons. The van der Waals surface area contributed by atoms with Crippen LogP contribution in [-0.2, 0) is 11.8 Å². The van der Waals surface area contributed by atoms with Crippen LogP contribution in [0.4, 0.5) is 11.4 Å². The average Bonchev–Trinajstić information content (AvgIpc) is 3.72. The highest BCUT2D eigenvalue weighted by Gasteiger charge is 2.46. The molecule has 0 saturated carbocycles. The minimum atomic E-state index is -0.145. The summed E-state index contributed by atoms with van der Waals surface area (Å²) in [6.45, 7) is 2.37. The van der Waals surface area contributed by atoms with Gasteiger partial charge < -0.3 is 4.90 Å². The van der Waals surface area contributed by atoms with Gasteiger partial charge in [0.25, 0.3) is 0 Å². The van der Waals surface area contributed by atoms with Gasteiger partial charge in [-0.05, 0) is 96.1 Å². The third kappa shape index (κ3) is 4.98. The summed E-state index contributed by atoms with van der Waals surface area (Å²) in [6, 6.07) is 52.9. The molecule has 2 aromatic heterocycles. The molecule has 1 aliphatic heterocycles. The van der Waals surface area contributed by atoms with Gasteiger partial charge in [-0.2, -0.15) is 0 Å². The molecule has 55 heavy (non-hydrogen) atoms. The van der Waals surface area contributed by atoms with Crippen LogP contribution in [0.2, 0.25) is 0 Å². The normalized spacial score (nSPS) is 18.1. The molecule has 6 aromatic carbocycles. The van der Waals surface area contributed by atoms with E-state index >= 15 is 0 Å². The number of para-hydroxylation sites is 2. The van der Waals surface area contributed by atoms with E-state index in [4.69, 9.17) is 9.97 Å². The Bertz CT molecular complexity index is 2880. The predicted octanol–water partition coefficient (Wildman–Crippen LogP) is 12.4. The van der Waals surface area contributed by atoms with Crippen molar-refractivity contribution < 1.29 is 0 Å². The summed E-state index contributed by atoms with van der Waals surface area (Å²) in [5.74, 6) is 0.695. The summed E-state index contributed by atoms with van der Waals surface area (Å²) < 4.78 is 2.25. The molecular weight excluding hydrogens is 669 g/mol. The fourth-order valence-corrected chi connectivity index (χ4v) is 9.18. The molecule has 2 aliphatic carbocycles. The van der Waals surface area contributed by atoms with E-state index in [9.17, 15) is 0 Å². The van der Waals surface area contributed by atoms with Gasteiger partial charge in [0.05, 0.1) is 28.5 Å². The molecule has 3 heterocycles. The van der Waals surface area contributed by atoms with Crippen LogP contribution in [0.5, 0.6) is 0 Å². The third-order valence-electron chi connectivity index (χ3n) is 11.9. The number of aromatic nitrogens is 3. The summed E-state index contributed by atoms with van der Waals surface area (Å²) in [4.78, 5) is 13.2. The largest absolute Gasteiger partial charge is 0.333 e. The van der Waals surface area contributed by atoms with Gasteiger partial charge in [0.15, 0.2) is 0 Å². The summed E-state index contributed by atoms with van der Waals surface area (Å²) in [5, 5.41) is 2.38. The van der Waals surface area contributed by atoms with E-state index in [1.165, 1.54) is 55.5 Å². The van der Waals surface area contributed by atoms with Crippen molar-refractivity contribution in [3.8, 4) is 39.5 Å². The molecule has 0 fully saturated rings. The molecule has 4 nitrogen and oxygen atoms in total. The van der Waals surface area contributed by atoms with Gasteiger partial charge in [-0.25, -0.2) is 9.97 Å². The molecular formula is C51H38N4. The maximum atomic E-state index is 5.40. The van der Waals surface area contributed by atoms with Crippen molar-refractivity contribution in [1.29, 1.82) is 0 Å². The molecule has 4 heteroatoms. The van der Waals surface area contributed by atoms with Crippen LogP contribution in [0.25, 0.3) is 67.3 Å². The van der Waals surface area contributed by atoms with Crippen LogP contribution < -0.4 is 4.90 Å². The lowest BCUT2D eigenvalue weighted by atomic mass is 9.75. The number of fused-ring (bicyclic) bond motifs is 7. The molecule has 0 N–H and O–H groups in total. The first-order valence-corrected chi connectivity index (χ1v) is 19.3. The number of anilines is 2. The SMILES string of the molecule is CC12C=CC=CC1N(c1ccccc1)c1ccc(-c3ccc4c(c3)c3ccccc3n4-c3nc4c(c(-c5ccc(-c6ccccc6)cc5)n3)CCC=C4)cc12. The second-order valence-electron chi connectivity index (χ2n) is 15.1. The first kappa shape index (κ1) is 31.7. The number of nitrogens with zero attached hydrogens (tertiary/aromatic N) is 4. The molecule has 2 unspecified atom stereocenters. The van der Waals surface area contributed by atoms with Crippen molar-refractivity contribution in [3.05, 3.63) is 193 Å². The van der Waals surface area contributed by atoms with Crippen molar-refractivity contribution in [2.45, 2.75) is 31.2 Å². The highest BCUT2D eigenvalue weighted by atomic mass is 15.2. The Kier molecular flexibility index (Phi) is 7.15. The zero-order chi connectivity index (χ0) is 36.5. The number of benzene rings is 6. The van der Waals surface area contributed by atoms with Gasteiger partial charge in [0, 0.05) is 38.7 Å². The second-order valence-corrected chi connectivity index (χ2v) is 15.1. The smallest absolute Gasteiger partial charge is 0.235 e. The molecule has 0 amide bonds. The highest BCUT2D eigenvalue weighted by molar-refractivity contribution is 6.10. The number of allylic oxidation sites excluding steroid dienone is 3. The molecule has 262 valence electrons. The number of hydrogen-bond donors (Lipinski definition) is 0. The van der Waals surface area contributed by atoms with Gasteiger partial charge >= 0.3 is 0 Å². The Morgan fingerprint density at radius 3 is 2.16 bits per heavy atom. The molecule has 2 atom stereocenters. The Hall–Kier alpha value is -6.78. The van der Waals surface area contributed by atoms with Gasteiger partial charge in [-0.1, -0.05) is 134 Å². The van der Waals surface area contributed by atoms with Crippen LogP contribution in [-0.4, -0.2) is 20.6 Å². The predicted molar refractivity (Wildman–Crippen MR) is 228 cm³/mol. The summed E-state index contributed by atoms with van der Waals surface area (Å²) in [5.41, 5.74) is 15.0. The standard InChI is InChI=1S/C51H38N4/c1-51-31-13-12-22-48(51)54(39-16-6-3-7-17-39)47-30-28-38(33-43(47)51)37-27-29-46-42(32-37)40-18-9-11-21-45(40)55(46)50-52-44-20-10-8-19-41(44)49(53-50)36-25-23-35(24-26-36)34-14-4-2-5-15-34/h2-7,9-18,20-33,48H,8,19H2,1H3. The summed E-state index contributed by atoms with van der Waals surface area (Å²) in [7, 11) is 0. The van der Waals surface area contributed by atoms with E-state index < -0.39 is 0 Å². The van der Waals surface area contributed by atoms with Gasteiger partial charge in [0.2, 0.25) is 5.95 Å². The molecule has 0 saturated heterocycles. The van der Waals surface area contributed by atoms with E-state index in [1.54, 1.807) is 0 Å². The maximum Gasteiger partial charge on any atom is 0.235 e. The monoisotopic (exact) mass is 706 g/mol. The average molecular weight is 707 g/mol. The molecule has 0 bridgehead atoms. The molecule has 8 aromatic rings. The topological polar surface area (TPSA) is 34.0 Å². The van der Waals surface area contributed by atoms with Crippen molar-refractivity contribution >= 4 is 39.3 Å². The maximum absolute atomic E-state index is 5.40. The lowest BCUT2D eigenvalue weighted by Gasteiger charge is -2.34. The lowest BCUT2D eigenvalue weighted by molar-refractivity contribution is 0.551. The fourth-order valence-electron chi connectivity index (χ4n) is 9.18. The molecule has 3 aliphatic rings.